The predicted molar refractivity (Wildman–Crippen MR) is 138 cm³/mol. The first kappa shape index (κ1) is 26.6. The van der Waals surface area contributed by atoms with Gasteiger partial charge in [-0.1, -0.05) is 36.4 Å². The maximum absolute atomic E-state index is 13.0. The van der Waals surface area contributed by atoms with E-state index in [1.165, 1.54) is 0 Å². The van der Waals surface area contributed by atoms with E-state index < -0.39 is 17.8 Å². The normalized spacial score (nSPS) is 11.8. The van der Waals surface area contributed by atoms with Crippen molar-refractivity contribution in [3.8, 4) is 17.2 Å². The molecule has 0 aliphatic carbocycles. The van der Waals surface area contributed by atoms with Gasteiger partial charge in [0.15, 0.2) is 17.6 Å². The summed E-state index contributed by atoms with van der Waals surface area (Å²) < 4.78 is 22.6. The van der Waals surface area contributed by atoms with Gasteiger partial charge in [0.05, 0.1) is 7.11 Å². The summed E-state index contributed by atoms with van der Waals surface area (Å²) in [6.07, 6.45) is -1.29. The maximum atomic E-state index is 13.0. The molecule has 0 saturated carbocycles. The van der Waals surface area contributed by atoms with Crippen molar-refractivity contribution in [1.29, 1.82) is 0 Å². The van der Waals surface area contributed by atoms with Gasteiger partial charge in [0.1, 0.15) is 18.0 Å². The van der Waals surface area contributed by atoms with Crippen LogP contribution in [0.1, 0.15) is 49.2 Å². The molecule has 3 aromatic rings. The van der Waals surface area contributed by atoms with Crippen LogP contribution in [0.2, 0.25) is 0 Å². The van der Waals surface area contributed by atoms with Gasteiger partial charge in [-0.3, -0.25) is 4.79 Å². The van der Waals surface area contributed by atoms with Crippen molar-refractivity contribution in [2.75, 3.05) is 7.11 Å². The molecule has 1 N–H and O–H groups in total. The molecular formula is C29H33NO6. The van der Waals surface area contributed by atoms with Gasteiger partial charge in [0.25, 0.3) is 0 Å². The van der Waals surface area contributed by atoms with Crippen LogP contribution in [0.5, 0.6) is 17.2 Å². The molecule has 0 aromatic heterocycles. The van der Waals surface area contributed by atoms with E-state index in [-0.39, 0.29) is 12.3 Å². The lowest BCUT2D eigenvalue weighted by Gasteiger charge is -2.20. The Morgan fingerprint density at radius 2 is 1.58 bits per heavy atom. The molecule has 3 aromatic carbocycles. The second-order valence-corrected chi connectivity index (χ2v) is 9.26. The zero-order valence-corrected chi connectivity index (χ0v) is 21.4. The largest absolute Gasteiger partial charge is 0.497 e. The van der Waals surface area contributed by atoms with Gasteiger partial charge in [0, 0.05) is 12.1 Å². The number of hydrogen-bond acceptors (Lipinski definition) is 6. The van der Waals surface area contributed by atoms with E-state index in [1.54, 1.807) is 71.2 Å². The summed E-state index contributed by atoms with van der Waals surface area (Å²) in [5.41, 5.74) is 1.69. The van der Waals surface area contributed by atoms with Crippen molar-refractivity contribution in [3.05, 3.63) is 89.5 Å². The number of benzene rings is 3. The Morgan fingerprint density at radius 1 is 0.889 bits per heavy atom. The van der Waals surface area contributed by atoms with E-state index in [9.17, 15) is 9.59 Å². The number of nitrogens with one attached hydrogen (secondary N) is 1. The van der Waals surface area contributed by atoms with Crippen molar-refractivity contribution in [1.82, 2.24) is 5.32 Å². The Balaban J connectivity index is 1.76. The van der Waals surface area contributed by atoms with E-state index in [4.69, 9.17) is 18.9 Å². The molecule has 1 unspecified atom stereocenters. The molecule has 0 saturated heterocycles. The highest BCUT2D eigenvalue weighted by atomic mass is 16.6. The number of ether oxygens (including phenoxy) is 4. The average Bonchev–Trinajstić information content (AvgIpc) is 2.86. The minimum atomic E-state index is -0.772. The standard InChI is InChI=1S/C29H33NO6/c1-20(27(31)23-12-14-24(33-5)15-13-23)35-26-17-22(18-30-28(32)36-29(2,3)4)11-16-25(26)34-19-21-9-7-6-8-10-21/h6-17,20H,18-19H2,1-5H3,(H,30,32). The summed E-state index contributed by atoms with van der Waals surface area (Å²) in [5.74, 6) is 1.39. The van der Waals surface area contributed by atoms with Gasteiger partial charge in [-0.2, -0.15) is 0 Å². The highest BCUT2D eigenvalue weighted by Gasteiger charge is 2.20. The van der Waals surface area contributed by atoms with Crippen LogP contribution in [0.15, 0.2) is 72.8 Å². The minimum absolute atomic E-state index is 0.177. The van der Waals surface area contributed by atoms with E-state index in [0.717, 1.165) is 11.1 Å². The third-order valence-electron chi connectivity index (χ3n) is 5.13. The van der Waals surface area contributed by atoms with Crippen LogP contribution in [-0.2, 0) is 17.9 Å². The van der Waals surface area contributed by atoms with Crippen molar-refractivity contribution >= 4 is 11.9 Å². The van der Waals surface area contributed by atoms with Crippen LogP contribution in [0, 0.1) is 0 Å². The predicted octanol–water partition coefficient (Wildman–Crippen LogP) is 5.95. The first-order valence-electron chi connectivity index (χ1n) is 11.8. The monoisotopic (exact) mass is 491 g/mol. The van der Waals surface area contributed by atoms with Gasteiger partial charge in [-0.05, 0) is 75.2 Å². The third-order valence-corrected chi connectivity index (χ3v) is 5.13. The van der Waals surface area contributed by atoms with Gasteiger partial charge >= 0.3 is 6.09 Å². The van der Waals surface area contributed by atoms with E-state index in [1.807, 2.05) is 36.4 Å². The molecule has 3 rings (SSSR count). The first-order chi connectivity index (χ1) is 17.1. The summed E-state index contributed by atoms with van der Waals surface area (Å²) >= 11 is 0. The lowest BCUT2D eigenvalue weighted by Crippen LogP contribution is -2.32. The fourth-order valence-corrected chi connectivity index (χ4v) is 3.33. The smallest absolute Gasteiger partial charge is 0.407 e. The first-order valence-corrected chi connectivity index (χ1v) is 11.8. The summed E-state index contributed by atoms with van der Waals surface area (Å²) in [6, 6.07) is 22.0. The van der Waals surface area contributed by atoms with Gasteiger partial charge in [0.2, 0.25) is 5.78 Å². The number of amides is 1. The summed E-state index contributed by atoms with van der Waals surface area (Å²) in [7, 11) is 1.57. The highest BCUT2D eigenvalue weighted by Crippen LogP contribution is 2.31. The maximum Gasteiger partial charge on any atom is 0.407 e. The molecule has 0 bridgehead atoms. The molecule has 0 fully saturated rings. The summed E-state index contributed by atoms with van der Waals surface area (Å²) in [5, 5.41) is 2.74. The van der Waals surface area contributed by atoms with Crippen LogP contribution in [0.25, 0.3) is 0 Å². The van der Waals surface area contributed by atoms with Crippen LogP contribution < -0.4 is 19.5 Å². The zero-order chi connectivity index (χ0) is 26.1. The zero-order valence-electron chi connectivity index (χ0n) is 21.4. The quantitative estimate of drug-likeness (QED) is 0.353. The number of alkyl carbamates (subject to hydrolysis) is 1. The van der Waals surface area contributed by atoms with E-state index >= 15 is 0 Å². The SMILES string of the molecule is COc1ccc(C(=O)C(C)Oc2cc(CNC(=O)OC(C)(C)C)ccc2OCc2ccccc2)cc1. The molecule has 0 radical (unpaired) electrons. The molecule has 0 spiro atoms. The molecular weight excluding hydrogens is 458 g/mol. The number of rotatable bonds is 10. The van der Waals surface area contributed by atoms with Gasteiger partial charge in [-0.25, -0.2) is 4.79 Å². The third kappa shape index (κ3) is 8.05. The number of hydrogen-bond donors (Lipinski definition) is 1. The number of ketones is 1. The Hall–Kier alpha value is -4.00. The average molecular weight is 492 g/mol. The highest BCUT2D eigenvalue weighted by molar-refractivity contribution is 5.99. The fourth-order valence-electron chi connectivity index (χ4n) is 3.33. The van der Waals surface area contributed by atoms with Gasteiger partial charge < -0.3 is 24.3 Å². The topological polar surface area (TPSA) is 83.1 Å². The number of methoxy groups -OCH3 is 1. The molecule has 7 heteroatoms. The molecule has 190 valence electrons. The Labute approximate surface area is 212 Å². The van der Waals surface area contributed by atoms with E-state index in [0.29, 0.717) is 29.4 Å². The molecule has 0 aliphatic heterocycles. The van der Waals surface area contributed by atoms with Gasteiger partial charge in [-0.15, -0.1) is 0 Å². The van der Waals surface area contributed by atoms with E-state index in [2.05, 4.69) is 5.32 Å². The molecule has 1 atom stereocenters. The van der Waals surface area contributed by atoms with Crippen LogP contribution >= 0.6 is 0 Å². The summed E-state index contributed by atoms with van der Waals surface area (Å²) in [6.45, 7) is 7.67. The molecule has 36 heavy (non-hydrogen) atoms. The van der Waals surface area contributed by atoms with Crippen molar-refractivity contribution in [2.45, 2.75) is 52.6 Å². The van der Waals surface area contributed by atoms with Crippen molar-refractivity contribution < 1.29 is 28.5 Å². The molecule has 0 heterocycles. The Kier molecular flexibility index (Phi) is 8.95. The molecule has 0 aliphatic rings. The Morgan fingerprint density at radius 3 is 2.22 bits per heavy atom. The Bertz CT molecular complexity index is 1150. The second kappa shape index (κ2) is 12.1. The van der Waals surface area contributed by atoms with Crippen molar-refractivity contribution in [2.24, 2.45) is 0 Å². The fraction of sp³-hybridized carbons (Fsp3) is 0.310. The summed E-state index contributed by atoms with van der Waals surface area (Å²) in [4.78, 5) is 25.1. The number of carbonyl (C=O) groups is 2. The lowest BCUT2D eigenvalue weighted by molar-refractivity contribution is 0.0523. The molecule has 1 amide bonds. The number of Topliss-reactive ketones (excluding diaryl/α,β-unsaturated/α-hetero) is 1. The van der Waals surface area contributed by atoms with Crippen molar-refractivity contribution in [3.63, 3.8) is 0 Å². The number of carbonyl (C=O) groups excluding carboxylic acids is 2. The van der Waals surface area contributed by atoms with Crippen LogP contribution in [0.3, 0.4) is 0 Å². The molecule has 7 nitrogen and oxygen atoms in total. The second-order valence-electron chi connectivity index (χ2n) is 9.26. The van der Waals surface area contributed by atoms with Crippen LogP contribution in [0.4, 0.5) is 4.79 Å². The minimum Gasteiger partial charge on any atom is -0.497 e. The van der Waals surface area contributed by atoms with Crippen LogP contribution in [-0.4, -0.2) is 30.7 Å². The lowest BCUT2D eigenvalue weighted by atomic mass is 10.1.